The fraction of sp³-hybridized carbons (Fsp3) is 0.615. The van der Waals surface area contributed by atoms with E-state index in [0.717, 1.165) is 19.3 Å². The molecule has 0 bridgehead atoms. The highest BCUT2D eigenvalue weighted by atomic mass is 35.5. The van der Waals surface area contributed by atoms with Crippen molar-refractivity contribution in [1.82, 2.24) is 9.29 Å². The van der Waals surface area contributed by atoms with Gasteiger partial charge in [-0.15, -0.1) is 0 Å². The third-order valence-electron chi connectivity index (χ3n) is 3.68. The van der Waals surface area contributed by atoms with Gasteiger partial charge < -0.3 is 10.4 Å². The molecule has 1 aromatic heterocycles. The number of nitrogens with one attached hydrogen (secondary N) is 1. The molecular formula is C13H20ClN3O3S. The SMILES string of the molecule is CNc1ncc(S(=O)(=O)N(CCCO)C2CCC2)cc1Cl. The first-order valence-corrected chi connectivity index (χ1v) is 8.78. The van der Waals surface area contributed by atoms with E-state index >= 15 is 0 Å². The van der Waals surface area contributed by atoms with Crippen LogP contribution in [0.1, 0.15) is 25.7 Å². The summed E-state index contributed by atoms with van der Waals surface area (Å²) in [6.07, 6.45) is 4.50. The van der Waals surface area contributed by atoms with Crippen LogP contribution >= 0.6 is 11.6 Å². The number of hydrogen-bond acceptors (Lipinski definition) is 5. The molecule has 1 saturated carbocycles. The predicted octanol–water partition coefficient (Wildman–Crippen LogP) is 1.70. The summed E-state index contributed by atoms with van der Waals surface area (Å²) < 4.78 is 27.0. The van der Waals surface area contributed by atoms with Crippen molar-refractivity contribution in [3.63, 3.8) is 0 Å². The van der Waals surface area contributed by atoms with E-state index in [-0.39, 0.29) is 22.6 Å². The topological polar surface area (TPSA) is 82.5 Å². The molecule has 1 aliphatic carbocycles. The lowest BCUT2D eigenvalue weighted by Crippen LogP contribution is -2.44. The van der Waals surface area contributed by atoms with Gasteiger partial charge in [-0.1, -0.05) is 18.0 Å². The lowest BCUT2D eigenvalue weighted by atomic mass is 9.93. The van der Waals surface area contributed by atoms with E-state index in [1.807, 2.05) is 0 Å². The molecule has 21 heavy (non-hydrogen) atoms. The van der Waals surface area contributed by atoms with Crippen LogP contribution in [0.15, 0.2) is 17.2 Å². The highest BCUT2D eigenvalue weighted by Crippen LogP contribution is 2.31. The molecule has 1 aliphatic rings. The molecule has 118 valence electrons. The maximum absolute atomic E-state index is 12.7. The number of aliphatic hydroxyl groups is 1. The Kier molecular flexibility index (Phi) is 5.43. The van der Waals surface area contributed by atoms with Crippen molar-refractivity contribution in [3.8, 4) is 0 Å². The second-order valence-electron chi connectivity index (χ2n) is 5.03. The summed E-state index contributed by atoms with van der Waals surface area (Å²) in [7, 11) is -1.96. The lowest BCUT2D eigenvalue weighted by Gasteiger charge is -2.36. The number of halogens is 1. The molecule has 0 unspecified atom stereocenters. The van der Waals surface area contributed by atoms with Crippen LogP contribution in [0.2, 0.25) is 5.02 Å². The second-order valence-corrected chi connectivity index (χ2v) is 7.33. The summed E-state index contributed by atoms with van der Waals surface area (Å²) in [6.45, 7) is 0.283. The van der Waals surface area contributed by atoms with E-state index in [9.17, 15) is 8.42 Å². The van der Waals surface area contributed by atoms with Gasteiger partial charge in [-0.2, -0.15) is 4.31 Å². The summed E-state index contributed by atoms with van der Waals surface area (Å²) >= 11 is 6.02. The smallest absolute Gasteiger partial charge is 0.244 e. The van der Waals surface area contributed by atoms with Crippen molar-refractivity contribution in [1.29, 1.82) is 0 Å². The van der Waals surface area contributed by atoms with Gasteiger partial charge in [0.05, 0.1) is 5.02 Å². The van der Waals surface area contributed by atoms with Gasteiger partial charge >= 0.3 is 0 Å². The Morgan fingerprint density at radius 1 is 1.52 bits per heavy atom. The molecule has 1 aromatic rings. The zero-order valence-electron chi connectivity index (χ0n) is 11.9. The maximum Gasteiger partial charge on any atom is 0.244 e. The zero-order chi connectivity index (χ0) is 15.5. The molecule has 1 fully saturated rings. The summed E-state index contributed by atoms with van der Waals surface area (Å²) in [5, 5.41) is 12.0. The average Bonchev–Trinajstić information content (AvgIpc) is 2.40. The minimum Gasteiger partial charge on any atom is -0.396 e. The number of rotatable bonds is 7. The zero-order valence-corrected chi connectivity index (χ0v) is 13.5. The Balaban J connectivity index is 2.30. The minimum atomic E-state index is -3.63. The number of aliphatic hydroxyl groups excluding tert-OH is 1. The van der Waals surface area contributed by atoms with Crippen LogP contribution < -0.4 is 5.32 Å². The monoisotopic (exact) mass is 333 g/mol. The number of pyridine rings is 1. The Labute approximate surface area is 130 Å². The quantitative estimate of drug-likeness (QED) is 0.793. The molecule has 0 aliphatic heterocycles. The van der Waals surface area contributed by atoms with Crippen molar-refractivity contribution in [2.75, 3.05) is 25.5 Å². The molecule has 0 radical (unpaired) electrons. The predicted molar refractivity (Wildman–Crippen MR) is 82.0 cm³/mol. The van der Waals surface area contributed by atoms with Gasteiger partial charge in [-0.05, 0) is 25.3 Å². The fourth-order valence-electron chi connectivity index (χ4n) is 2.28. The van der Waals surface area contributed by atoms with Crippen molar-refractivity contribution >= 4 is 27.4 Å². The first-order valence-electron chi connectivity index (χ1n) is 6.96. The van der Waals surface area contributed by atoms with Crippen molar-refractivity contribution in [2.45, 2.75) is 36.6 Å². The van der Waals surface area contributed by atoms with Gasteiger partial charge in [0.1, 0.15) is 10.7 Å². The molecule has 8 heteroatoms. The van der Waals surface area contributed by atoms with Crippen LogP contribution in [-0.4, -0.2) is 49.1 Å². The molecule has 0 spiro atoms. The summed E-state index contributed by atoms with van der Waals surface area (Å²) in [5.74, 6) is 0.446. The molecular weight excluding hydrogens is 314 g/mol. The summed E-state index contributed by atoms with van der Waals surface area (Å²) in [4.78, 5) is 4.12. The molecule has 0 amide bonds. The van der Waals surface area contributed by atoms with Gasteiger partial charge in [0.2, 0.25) is 10.0 Å². The number of sulfonamides is 1. The summed E-state index contributed by atoms with van der Waals surface area (Å²) in [6, 6.07) is 1.43. The van der Waals surface area contributed by atoms with Gasteiger partial charge in [0.25, 0.3) is 0 Å². The molecule has 2 N–H and O–H groups in total. The number of aromatic nitrogens is 1. The van der Waals surface area contributed by atoms with Crippen LogP contribution in [0, 0.1) is 0 Å². The molecule has 0 aromatic carbocycles. The normalized spacial score (nSPS) is 16.0. The van der Waals surface area contributed by atoms with E-state index in [2.05, 4.69) is 10.3 Å². The van der Waals surface area contributed by atoms with Gasteiger partial charge in [-0.3, -0.25) is 0 Å². The first kappa shape index (κ1) is 16.5. The van der Waals surface area contributed by atoms with Gasteiger partial charge in [-0.25, -0.2) is 13.4 Å². The summed E-state index contributed by atoms with van der Waals surface area (Å²) in [5.41, 5.74) is 0. The Bertz CT molecular complexity index is 590. The minimum absolute atomic E-state index is 0.0179. The van der Waals surface area contributed by atoms with Gasteiger partial charge in [0, 0.05) is 32.4 Å². The van der Waals surface area contributed by atoms with Crippen molar-refractivity contribution < 1.29 is 13.5 Å². The van der Waals surface area contributed by atoms with E-state index in [4.69, 9.17) is 16.7 Å². The Morgan fingerprint density at radius 3 is 2.71 bits per heavy atom. The number of nitrogens with zero attached hydrogens (tertiary/aromatic N) is 2. The van der Waals surface area contributed by atoms with Crippen molar-refractivity contribution in [3.05, 3.63) is 17.3 Å². The largest absolute Gasteiger partial charge is 0.396 e. The molecule has 1 heterocycles. The number of hydrogen-bond donors (Lipinski definition) is 2. The third kappa shape index (κ3) is 3.48. The van der Waals surface area contributed by atoms with E-state index in [1.54, 1.807) is 7.05 Å². The third-order valence-corrected chi connectivity index (χ3v) is 5.88. The molecule has 0 saturated heterocycles. The molecule has 0 atom stereocenters. The highest BCUT2D eigenvalue weighted by molar-refractivity contribution is 7.89. The Morgan fingerprint density at radius 2 is 2.24 bits per heavy atom. The van der Waals surface area contributed by atoms with Crippen LogP contribution in [0.3, 0.4) is 0 Å². The van der Waals surface area contributed by atoms with Crippen LogP contribution in [0.4, 0.5) is 5.82 Å². The Hall–Kier alpha value is -0.890. The van der Waals surface area contributed by atoms with Crippen molar-refractivity contribution in [2.24, 2.45) is 0 Å². The van der Waals surface area contributed by atoms with E-state index in [0.29, 0.717) is 18.8 Å². The molecule has 2 rings (SSSR count). The van der Waals surface area contributed by atoms with E-state index < -0.39 is 10.0 Å². The van der Waals surface area contributed by atoms with E-state index in [1.165, 1.54) is 16.6 Å². The lowest BCUT2D eigenvalue weighted by molar-refractivity contribution is 0.198. The van der Waals surface area contributed by atoms with Crippen LogP contribution in [0.25, 0.3) is 0 Å². The first-order chi connectivity index (χ1) is 10.0. The maximum atomic E-state index is 12.7. The molecule has 6 nitrogen and oxygen atoms in total. The number of anilines is 1. The van der Waals surface area contributed by atoms with Gasteiger partial charge in [0.15, 0.2) is 0 Å². The average molecular weight is 334 g/mol. The van der Waals surface area contributed by atoms with Crippen LogP contribution in [-0.2, 0) is 10.0 Å². The fourth-order valence-corrected chi connectivity index (χ4v) is 4.30. The highest BCUT2D eigenvalue weighted by Gasteiger charge is 2.34. The second kappa shape index (κ2) is 6.91. The standard InChI is InChI=1S/C13H20ClN3O3S/c1-15-13-12(14)8-11(9-16-13)21(19,20)17(6-3-7-18)10-4-2-5-10/h8-10,18H,2-7H2,1H3,(H,15,16). The van der Waals surface area contributed by atoms with Crippen LogP contribution in [0.5, 0.6) is 0 Å².